The molecule has 1 aliphatic heterocycles. The van der Waals surface area contributed by atoms with Crippen LogP contribution in [0.15, 0.2) is 48.5 Å². The van der Waals surface area contributed by atoms with E-state index in [9.17, 15) is 4.79 Å². The number of ether oxygens (including phenoxy) is 1. The number of hydrogen-bond acceptors (Lipinski definition) is 2. The molecule has 0 saturated heterocycles. The second kappa shape index (κ2) is 5.79. The molecule has 2 aromatic rings. The molecule has 0 unspecified atom stereocenters. The highest BCUT2D eigenvalue weighted by Gasteiger charge is 2.18. The summed E-state index contributed by atoms with van der Waals surface area (Å²) in [6.45, 7) is 0.777. The molecule has 0 radical (unpaired) electrons. The molecule has 0 aliphatic carbocycles. The van der Waals surface area contributed by atoms with Gasteiger partial charge in [0, 0.05) is 17.5 Å². The van der Waals surface area contributed by atoms with E-state index in [1.54, 1.807) is 31.4 Å². The first-order valence-electron chi connectivity index (χ1n) is 6.91. The molecule has 1 heterocycles. The number of methoxy groups -OCH3 is 1. The van der Waals surface area contributed by atoms with Crippen LogP contribution in [0.25, 0.3) is 0 Å². The van der Waals surface area contributed by atoms with Crippen molar-refractivity contribution >= 4 is 12.1 Å². The zero-order valence-corrected chi connectivity index (χ0v) is 11.9. The van der Waals surface area contributed by atoms with Crippen LogP contribution in [0.4, 0.5) is 0 Å². The molecule has 0 saturated carbocycles. The second-order valence-electron chi connectivity index (χ2n) is 4.94. The van der Waals surface area contributed by atoms with Crippen LogP contribution >= 0.6 is 0 Å². The highest BCUT2D eigenvalue weighted by molar-refractivity contribution is 5.93. The minimum Gasteiger partial charge on any atom is -0.497 e. The van der Waals surface area contributed by atoms with Gasteiger partial charge < -0.3 is 4.74 Å². The van der Waals surface area contributed by atoms with Crippen LogP contribution < -0.4 is 10.2 Å². The van der Waals surface area contributed by atoms with E-state index in [1.807, 2.05) is 23.0 Å². The molecule has 0 spiro atoms. The highest BCUT2D eigenvalue weighted by Crippen LogP contribution is 2.12. The molecule has 4 nitrogen and oxygen atoms in total. The normalized spacial score (nSPS) is 13.1. The van der Waals surface area contributed by atoms with Gasteiger partial charge in [-0.05, 0) is 35.9 Å². The number of rotatable bonds is 3. The van der Waals surface area contributed by atoms with Crippen LogP contribution in [-0.4, -0.2) is 30.5 Å². The lowest BCUT2D eigenvalue weighted by Crippen LogP contribution is -2.38. The lowest BCUT2D eigenvalue weighted by Gasteiger charge is -2.11. The van der Waals surface area contributed by atoms with E-state index in [-0.39, 0.29) is 5.91 Å². The van der Waals surface area contributed by atoms with Crippen molar-refractivity contribution < 1.29 is 14.2 Å². The lowest BCUT2D eigenvalue weighted by atomic mass is 10.0. The van der Waals surface area contributed by atoms with Gasteiger partial charge >= 0.3 is 5.91 Å². The monoisotopic (exact) mass is 281 g/mol. The van der Waals surface area contributed by atoms with Gasteiger partial charge in [-0.15, -0.1) is 10.1 Å². The summed E-state index contributed by atoms with van der Waals surface area (Å²) in [5, 5.41) is 0. The summed E-state index contributed by atoms with van der Waals surface area (Å²) in [5.41, 5.74) is 5.99. The largest absolute Gasteiger partial charge is 0.497 e. The molecule has 106 valence electrons. The Morgan fingerprint density at radius 1 is 1.14 bits per heavy atom. The molecule has 1 aliphatic rings. The van der Waals surface area contributed by atoms with E-state index in [1.165, 1.54) is 5.56 Å². The van der Waals surface area contributed by atoms with Gasteiger partial charge in [0.25, 0.3) is 0 Å². The van der Waals surface area contributed by atoms with Crippen molar-refractivity contribution in [3.63, 3.8) is 0 Å². The van der Waals surface area contributed by atoms with Gasteiger partial charge in [0.1, 0.15) is 5.75 Å². The van der Waals surface area contributed by atoms with E-state index in [0.717, 1.165) is 24.3 Å². The fraction of sp³-hybridized carbons (Fsp3) is 0.176. The van der Waals surface area contributed by atoms with Gasteiger partial charge in [-0.3, -0.25) is 4.79 Å². The zero-order valence-electron chi connectivity index (χ0n) is 11.9. The molecule has 1 amide bonds. The first kappa shape index (κ1) is 13.4. The molecule has 3 rings (SSSR count). The molecule has 0 bridgehead atoms. The summed E-state index contributed by atoms with van der Waals surface area (Å²) in [5.74, 6) is 0.623. The number of nitrogens with zero attached hydrogens (tertiary/aromatic N) is 1. The first-order valence-corrected chi connectivity index (χ1v) is 6.91. The van der Waals surface area contributed by atoms with E-state index in [4.69, 9.17) is 4.74 Å². The number of hydrazine groups is 1. The average Bonchev–Trinajstić information content (AvgIpc) is 2.55. The predicted octanol–water partition coefficient (Wildman–Crippen LogP) is 2.03. The van der Waals surface area contributed by atoms with E-state index >= 15 is 0 Å². The summed E-state index contributed by atoms with van der Waals surface area (Å²) in [7, 11) is 1.61. The van der Waals surface area contributed by atoms with Crippen molar-refractivity contribution in [3.05, 3.63) is 65.2 Å². The Morgan fingerprint density at radius 3 is 2.67 bits per heavy atom. The summed E-state index contributed by atoms with van der Waals surface area (Å²) >= 11 is 0. The topological polar surface area (TPSA) is 41.3 Å². The van der Waals surface area contributed by atoms with Crippen LogP contribution in [0.3, 0.4) is 0 Å². The smallest absolute Gasteiger partial charge is 0.304 e. The van der Waals surface area contributed by atoms with Crippen LogP contribution in [-0.2, 0) is 6.42 Å². The quantitative estimate of drug-likeness (QED) is 0.875. The van der Waals surface area contributed by atoms with Gasteiger partial charge in [-0.25, -0.2) is 0 Å². The number of amides is 1. The number of nitrogens with one attached hydrogen (secondary N) is 1. The van der Waals surface area contributed by atoms with Crippen molar-refractivity contribution in [1.82, 2.24) is 5.43 Å². The maximum atomic E-state index is 12.2. The summed E-state index contributed by atoms with van der Waals surface area (Å²) < 4.78 is 6.93. The van der Waals surface area contributed by atoms with Crippen LogP contribution in [0.2, 0.25) is 0 Å². The Kier molecular flexibility index (Phi) is 3.69. The Balaban J connectivity index is 1.74. The third kappa shape index (κ3) is 2.94. The van der Waals surface area contributed by atoms with E-state index < -0.39 is 0 Å². The third-order valence-electron chi connectivity index (χ3n) is 3.57. The van der Waals surface area contributed by atoms with Gasteiger partial charge in [0.15, 0.2) is 6.54 Å². The maximum absolute atomic E-state index is 12.2. The van der Waals surface area contributed by atoms with Crippen molar-refractivity contribution in [2.75, 3.05) is 13.7 Å². The van der Waals surface area contributed by atoms with E-state index in [2.05, 4.69) is 17.6 Å². The number of carbonyl (C=O) groups excluding carboxylic acids is 1. The fourth-order valence-electron chi connectivity index (χ4n) is 2.39. The van der Waals surface area contributed by atoms with Gasteiger partial charge in [0.2, 0.25) is 6.21 Å². The fourth-order valence-corrected chi connectivity index (χ4v) is 2.39. The molecule has 21 heavy (non-hydrogen) atoms. The Hall–Kier alpha value is -2.62. The SMILES string of the molecule is COc1ccc(C(=O)N[N+]2=Cc3ccccc3CC2)cc1. The zero-order chi connectivity index (χ0) is 14.7. The minimum absolute atomic E-state index is 0.117. The third-order valence-corrected chi connectivity index (χ3v) is 3.57. The number of fused-ring (bicyclic) bond motifs is 1. The van der Waals surface area contributed by atoms with Gasteiger partial charge in [-0.2, -0.15) is 0 Å². The molecule has 2 aromatic carbocycles. The van der Waals surface area contributed by atoms with E-state index in [0.29, 0.717) is 5.56 Å². The Bertz CT molecular complexity index is 690. The average molecular weight is 281 g/mol. The van der Waals surface area contributed by atoms with Crippen molar-refractivity contribution in [1.29, 1.82) is 0 Å². The number of benzene rings is 2. The first-order chi connectivity index (χ1) is 10.3. The summed E-state index contributed by atoms with van der Waals surface area (Å²) in [4.78, 5) is 12.2. The van der Waals surface area contributed by atoms with Crippen LogP contribution in [0, 0.1) is 0 Å². The standard InChI is InChI=1S/C17H16N2O2/c1-21-16-8-6-14(7-9-16)17(20)18-19-11-10-13-4-2-3-5-15(13)12-19/h2-9,12H,10-11H2,1H3/p+1. The molecular weight excluding hydrogens is 264 g/mol. The summed E-state index contributed by atoms with van der Waals surface area (Å²) in [6.07, 6.45) is 2.90. The predicted molar refractivity (Wildman–Crippen MR) is 80.9 cm³/mol. The Labute approximate surface area is 123 Å². The van der Waals surface area contributed by atoms with Crippen molar-refractivity contribution in [3.8, 4) is 5.75 Å². The molecule has 4 heteroatoms. The van der Waals surface area contributed by atoms with Crippen molar-refractivity contribution in [2.24, 2.45) is 0 Å². The lowest BCUT2D eigenvalue weighted by molar-refractivity contribution is -0.568. The molecule has 0 fully saturated rings. The summed E-state index contributed by atoms with van der Waals surface area (Å²) in [6, 6.07) is 15.3. The number of hydrogen-bond donors (Lipinski definition) is 1. The van der Waals surface area contributed by atoms with Crippen molar-refractivity contribution in [2.45, 2.75) is 6.42 Å². The van der Waals surface area contributed by atoms with Crippen LogP contribution in [0.1, 0.15) is 21.5 Å². The van der Waals surface area contributed by atoms with Crippen LogP contribution in [0.5, 0.6) is 5.75 Å². The van der Waals surface area contributed by atoms with Gasteiger partial charge in [-0.1, -0.05) is 18.2 Å². The molecule has 0 atom stereocenters. The minimum atomic E-state index is -0.117. The molecule has 1 N–H and O–H groups in total. The van der Waals surface area contributed by atoms with Gasteiger partial charge in [0.05, 0.1) is 7.11 Å². The Morgan fingerprint density at radius 2 is 1.90 bits per heavy atom. The second-order valence-corrected chi connectivity index (χ2v) is 4.94. The molecule has 0 aromatic heterocycles. The number of hydrazone groups is 1. The highest BCUT2D eigenvalue weighted by atomic mass is 16.5. The maximum Gasteiger partial charge on any atom is 0.304 e. The number of carbonyl (C=O) groups is 1. The molecular formula is C17H17N2O2+.